The van der Waals surface area contributed by atoms with Crippen LogP contribution >= 0.6 is 0 Å². The van der Waals surface area contributed by atoms with Gasteiger partial charge in [0.2, 0.25) is 0 Å². The Morgan fingerprint density at radius 3 is 1.29 bits per heavy atom. The van der Waals surface area contributed by atoms with E-state index in [1.807, 2.05) is 24.3 Å². The van der Waals surface area contributed by atoms with E-state index >= 15 is 0 Å². The highest BCUT2D eigenvalue weighted by Crippen LogP contribution is 2.47. The molecule has 0 amide bonds. The van der Waals surface area contributed by atoms with Crippen molar-refractivity contribution in [1.82, 2.24) is 24.5 Å². The summed E-state index contributed by atoms with van der Waals surface area (Å²) in [7, 11) is 0. The molecule has 434 valence electrons. The average molecular weight is 1180 g/mol. The number of rotatable bonds is 10. The smallest absolute Gasteiger partial charge is 0.252 e. The van der Waals surface area contributed by atoms with E-state index in [2.05, 4.69) is 320 Å². The lowest BCUT2D eigenvalue weighted by atomic mass is 9.33. The summed E-state index contributed by atoms with van der Waals surface area (Å²) in [5.74, 6) is 1.27. The molecule has 3 aromatic heterocycles. The van der Waals surface area contributed by atoms with Crippen LogP contribution in [0.5, 0.6) is 0 Å². The number of fused-ring (bicyclic) bond motifs is 7. The average Bonchev–Trinajstić information content (AvgIpc) is 0.882. The molecule has 0 radical (unpaired) electrons. The van der Waals surface area contributed by atoms with Gasteiger partial charge in [-0.3, -0.25) is 0 Å². The SMILES string of the molecule is CC(C)(C)c1ccc2c(c1)c1ccccc1n2-c1ccc(-c2cc(-c3ccccc3)nc(-c3ccccc3)n2)cc1-c1cc(-c2ccccc2)nc(-c2ccc(-c3cc4c5c(c3)N(c3ccccc3)c3ccccc3B5c3ccccc3N4c3ccccc3)cc2)n1. The zero-order chi connectivity index (χ0) is 61.4. The number of para-hydroxylation sites is 5. The third kappa shape index (κ3) is 9.37. The standard InChI is InChI=1S/C84H60BN7/c1-84(2,3)62-46-48-75-66(52-62)65-35-19-22-38-74(65)92(75)76-47-45-60(72-53-70(56-25-9-4-10-26-56)86-82(88-72)58-29-13-6-14-30-58)49-67(76)73-54-71(57-27-11-5-12-28-57)87-83(89-73)59-43-41-55(42-44-59)61-50-79-81-80(51-61)91(64-33-17-8-18-34-64)78-40-24-21-37-69(78)85(81)68-36-20-23-39-77(68)90(79)63-31-15-7-16-32-63/h4-54H,1-3H3. The van der Waals surface area contributed by atoms with Crippen LogP contribution in [0.25, 0.3) is 106 Å². The van der Waals surface area contributed by atoms with Crippen LogP contribution in [0.3, 0.4) is 0 Å². The topological polar surface area (TPSA) is 63.0 Å². The van der Waals surface area contributed by atoms with Crippen molar-refractivity contribution in [2.45, 2.75) is 26.2 Å². The van der Waals surface area contributed by atoms with Gasteiger partial charge in [0.15, 0.2) is 11.6 Å². The zero-order valence-corrected chi connectivity index (χ0v) is 51.2. The molecule has 0 spiro atoms. The summed E-state index contributed by atoms with van der Waals surface area (Å²) in [6.45, 7) is 6.86. The van der Waals surface area contributed by atoms with Gasteiger partial charge in [0.05, 0.1) is 39.5 Å². The van der Waals surface area contributed by atoms with E-state index in [1.54, 1.807) is 0 Å². The molecule has 7 nitrogen and oxygen atoms in total. The lowest BCUT2D eigenvalue weighted by molar-refractivity contribution is 0.591. The van der Waals surface area contributed by atoms with Gasteiger partial charge in [-0.1, -0.05) is 239 Å². The molecule has 0 aliphatic carbocycles. The Morgan fingerprint density at radius 1 is 0.293 bits per heavy atom. The predicted octanol–water partition coefficient (Wildman–Crippen LogP) is 19.4. The van der Waals surface area contributed by atoms with E-state index in [9.17, 15) is 0 Å². The second-order valence-electron chi connectivity index (χ2n) is 25.0. The highest BCUT2D eigenvalue weighted by atomic mass is 15.2. The first-order valence-corrected chi connectivity index (χ1v) is 31.6. The Bertz CT molecular complexity index is 5150. The van der Waals surface area contributed by atoms with Gasteiger partial charge < -0.3 is 14.4 Å². The van der Waals surface area contributed by atoms with Crippen molar-refractivity contribution in [1.29, 1.82) is 0 Å². The van der Waals surface area contributed by atoms with Crippen LogP contribution in [-0.4, -0.2) is 31.2 Å². The highest BCUT2D eigenvalue weighted by molar-refractivity contribution is 7.00. The molecule has 15 aromatic rings. The third-order valence-electron chi connectivity index (χ3n) is 18.4. The molecule has 5 heterocycles. The molecule has 0 atom stereocenters. The normalized spacial score (nSPS) is 12.4. The van der Waals surface area contributed by atoms with E-state index in [-0.39, 0.29) is 12.1 Å². The van der Waals surface area contributed by atoms with Crippen LogP contribution in [0, 0.1) is 0 Å². The molecule has 0 saturated carbocycles. The van der Waals surface area contributed by atoms with E-state index < -0.39 is 0 Å². The van der Waals surface area contributed by atoms with Gasteiger partial charge in [0.25, 0.3) is 6.71 Å². The van der Waals surface area contributed by atoms with Gasteiger partial charge >= 0.3 is 0 Å². The van der Waals surface area contributed by atoms with E-state index in [1.165, 1.54) is 44.1 Å². The summed E-state index contributed by atoms with van der Waals surface area (Å²) >= 11 is 0. The fourth-order valence-corrected chi connectivity index (χ4v) is 13.9. The summed E-state index contributed by atoms with van der Waals surface area (Å²) in [4.78, 5) is 26.7. The molecule has 8 heteroatoms. The van der Waals surface area contributed by atoms with Crippen molar-refractivity contribution >= 4 is 79.0 Å². The van der Waals surface area contributed by atoms with Gasteiger partial charge in [-0.15, -0.1) is 0 Å². The third-order valence-corrected chi connectivity index (χ3v) is 18.4. The number of nitrogens with zero attached hydrogens (tertiary/aromatic N) is 7. The van der Waals surface area contributed by atoms with Crippen LogP contribution in [-0.2, 0) is 5.41 Å². The summed E-state index contributed by atoms with van der Waals surface area (Å²) < 4.78 is 2.42. The second-order valence-corrected chi connectivity index (χ2v) is 25.0. The Labute approximate surface area is 536 Å². The largest absolute Gasteiger partial charge is 0.311 e. The van der Waals surface area contributed by atoms with Gasteiger partial charge in [0, 0.05) is 78.3 Å². The van der Waals surface area contributed by atoms with Gasteiger partial charge in [-0.05, 0) is 129 Å². The van der Waals surface area contributed by atoms with Crippen LogP contribution in [0.1, 0.15) is 26.3 Å². The van der Waals surface area contributed by atoms with Crippen molar-refractivity contribution in [2.75, 3.05) is 9.80 Å². The lowest BCUT2D eigenvalue weighted by Gasteiger charge is -2.44. The summed E-state index contributed by atoms with van der Waals surface area (Å²) in [5, 5.41) is 2.39. The Balaban J connectivity index is 0.866. The van der Waals surface area contributed by atoms with Crippen molar-refractivity contribution < 1.29 is 0 Å². The molecule has 2 aliphatic rings. The molecule has 17 rings (SSSR count). The molecular formula is C84H60BN7. The number of aromatic nitrogens is 5. The number of hydrogen-bond acceptors (Lipinski definition) is 6. The zero-order valence-electron chi connectivity index (χ0n) is 51.2. The van der Waals surface area contributed by atoms with E-state index in [0.29, 0.717) is 11.6 Å². The molecule has 0 N–H and O–H groups in total. The fraction of sp³-hybridized carbons (Fsp3) is 0.0476. The van der Waals surface area contributed by atoms with Crippen molar-refractivity contribution in [3.05, 3.63) is 315 Å². The van der Waals surface area contributed by atoms with Crippen LogP contribution < -0.4 is 26.2 Å². The Hall–Kier alpha value is -11.7. The van der Waals surface area contributed by atoms with Gasteiger partial charge in [-0.25, -0.2) is 19.9 Å². The maximum absolute atomic E-state index is 5.70. The van der Waals surface area contributed by atoms with Crippen LogP contribution in [0.2, 0.25) is 0 Å². The summed E-state index contributed by atoms with van der Waals surface area (Å²) in [5.41, 5.74) is 26.3. The minimum atomic E-state index is -0.0462. The number of hydrogen-bond donors (Lipinski definition) is 0. The molecule has 12 aromatic carbocycles. The molecule has 92 heavy (non-hydrogen) atoms. The number of anilines is 6. The minimum Gasteiger partial charge on any atom is -0.311 e. The fourth-order valence-electron chi connectivity index (χ4n) is 13.9. The first-order valence-electron chi connectivity index (χ1n) is 31.6. The second kappa shape index (κ2) is 22.1. The molecule has 0 bridgehead atoms. The van der Waals surface area contributed by atoms with Crippen LogP contribution in [0.4, 0.5) is 34.1 Å². The summed E-state index contributed by atoms with van der Waals surface area (Å²) in [6.07, 6.45) is 0. The monoisotopic (exact) mass is 1180 g/mol. The van der Waals surface area contributed by atoms with Crippen LogP contribution in [0.15, 0.2) is 309 Å². The van der Waals surface area contributed by atoms with Crippen molar-refractivity contribution in [3.8, 4) is 84.6 Å². The van der Waals surface area contributed by atoms with E-state index in [0.717, 1.165) is 107 Å². The predicted molar refractivity (Wildman–Crippen MR) is 383 cm³/mol. The Morgan fingerprint density at radius 2 is 0.728 bits per heavy atom. The molecule has 2 aliphatic heterocycles. The minimum absolute atomic E-state index is 0.0176. The molecular weight excluding hydrogens is 1120 g/mol. The van der Waals surface area contributed by atoms with E-state index in [4.69, 9.17) is 19.9 Å². The lowest BCUT2D eigenvalue weighted by Crippen LogP contribution is -2.61. The molecule has 0 fully saturated rings. The maximum atomic E-state index is 5.70. The Kier molecular flexibility index (Phi) is 13.1. The maximum Gasteiger partial charge on any atom is 0.252 e. The first-order chi connectivity index (χ1) is 45.3. The van der Waals surface area contributed by atoms with Crippen molar-refractivity contribution in [3.63, 3.8) is 0 Å². The highest BCUT2D eigenvalue weighted by Gasteiger charge is 2.43. The summed E-state index contributed by atoms with van der Waals surface area (Å²) in [6, 6.07) is 111. The molecule has 0 saturated heterocycles. The van der Waals surface area contributed by atoms with Gasteiger partial charge in [0.1, 0.15) is 0 Å². The first kappa shape index (κ1) is 54.4. The van der Waals surface area contributed by atoms with Crippen molar-refractivity contribution in [2.24, 2.45) is 0 Å². The quantitative estimate of drug-likeness (QED) is 0.127. The number of benzene rings is 12. The molecule has 0 unspecified atom stereocenters. The van der Waals surface area contributed by atoms with Gasteiger partial charge in [-0.2, -0.15) is 0 Å².